The topological polar surface area (TPSA) is 29.5 Å². The highest BCUT2D eigenvalue weighted by Crippen LogP contribution is 2.45. The smallest absolute Gasteiger partial charge is 0.226 e. The van der Waals surface area contributed by atoms with Crippen molar-refractivity contribution in [3.05, 3.63) is 77.9 Å². The minimum absolute atomic E-state index is 0.127. The number of carbonyl (C=O) groups is 1. The largest absolute Gasteiger partial charge is 0.484 e. The van der Waals surface area contributed by atoms with Crippen LogP contribution in [0.1, 0.15) is 30.1 Å². The van der Waals surface area contributed by atoms with E-state index in [1.165, 1.54) is 0 Å². The predicted molar refractivity (Wildman–Crippen MR) is 101 cm³/mol. The van der Waals surface area contributed by atoms with Crippen molar-refractivity contribution in [2.75, 3.05) is 6.54 Å². The standard InChI is InChI=1S/C23H23NO2/c25-23(20-13-16-10-11-18(20)12-16)24-14-19-8-4-5-9-21(19)26-22(15-24)17-6-2-1-3-7-17/h1-11,16,18,20,22H,12-15H2/t16-,18+,20+,22?/m1/s1. The molecular weight excluding hydrogens is 322 g/mol. The second-order valence-corrected chi connectivity index (χ2v) is 7.73. The minimum atomic E-state index is -0.127. The molecule has 3 heteroatoms. The number of nitrogens with zero attached hydrogens (tertiary/aromatic N) is 1. The summed E-state index contributed by atoms with van der Waals surface area (Å²) in [5.41, 5.74) is 2.22. The van der Waals surface area contributed by atoms with Gasteiger partial charge in [0.05, 0.1) is 6.54 Å². The van der Waals surface area contributed by atoms with Crippen molar-refractivity contribution in [1.82, 2.24) is 4.90 Å². The zero-order chi connectivity index (χ0) is 17.5. The molecule has 2 aliphatic carbocycles. The summed E-state index contributed by atoms with van der Waals surface area (Å²) in [5.74, 6) is 2.37. The number of amides is 1. The van der Waals surface area contributed by atoms with E-state index in [9.17, 15) is 4.79 Å². The molecule has 1 aliphatic heterocycles. The molecule has 1 amide bonds. The van der Waals surface area contributed by atoms with Crippen molar-refractivity contribution in [2.24, 2.45) is 17.8 Å². The van der Waals surface area contributed by atoms with Gasteiger partial charge in [0.15, 0.2) is 0 Å². The van der Waals surface area contributed by atoms with Crippen LogP contribution in [0.25, 0.3) is 0 Å². The molecule has 1 heterocycles. The molecule has 1 fully saturated rings. The molecule has 132 valence electrons. The third kappa shape index (κ3) is 2.72. The monoisotopic (exact) mass is 345 g/mol. The molecule has 3 aliphatic rings. The van der Waals surface area contributed by atoms with Crippen molar-refractivity contribution in [3.63, 3.8) is 0 Å². The number of carbonyl (C=O) groups excluding carboxylic acids is 1. The van der Waals surface area contributed by atoms with Crippen LogP contribution in [0.5, 0.6) is 5.75 Å². The summed E-state index contributed by atoms with van der Waals surface area (Å²) in [7, 11) is 0. The molecule has 0 spiro atoms. The van der Waals surface area contributed by atoms with Crippen LogP contribution in [0.2, 0.25) is 0 Å². The van der Waals surface area contributed by atoms with Crippen LogP contribution >= 0.6 is 0 Å². The summed E-state index contributed by atoms with van der Waals surface area (Å²) in [6.07, 6.45) is 6.59. The van der Waals surface area contributed by atoms with Gasteiger partial charge in [0, 0.05) is 18.0 Å². The lowest BCUT2D eigenvalue weighted by atomic mass is 9.92. The number of rotatable bonds is 2. The van der Waals surface area contributed by atoms with E-state index in [1.807, 2.05) is 41.3 Å². The first-order valence-corrected chi connectivity index (χ1v) is 9.54. The van der Waals surface area contributed by atoms with E-state index in [1.54, 1.807) is 0 Å². The van der Waals surface area contributed by atoms with Gasteiger partial charge in [0.2, 0.25) is 5.91 Å². The van der Waals surface area contributed by atoms with Crippen molar-refractivity contribution < 1.29 is 9.53 Å². The highest BCUT2D eigenvalue weighted by atomic mass is 16.5. The van der Waals surface area contributed by atoms with Crippen molar-refractivity contribution in [1.29, 1.82) is 0 Å². The van der Waals surface area contributed by atoms with Gasteiger partial charge in [-0.25, -0.2) is 0 Å². The molecule has 2 aromatic carbocycles. The number of benzene rings is 2. The lowest BCUT2D eigenvalue weighted by Crippen LogP contribution is -2.39. The maximum Gasteiger partial charge on any atom is 0.226 e. The fraction of sp³-hybridized carbons (Fsp3) is 0.348. The molecule has 3 nitrogen and oxygen atoms in total. The molecule has 0 aromatic heterocycles. The maximum atomic E-state index is 13.4. The summed E-state index contributed by atoms with van der Waals surface area (Å²) < 4.78 is 6.34. The van der Waals surface area contributed by atoms with E-state index in [2.05, 4.69) is 30.4 Å². The average molecular weight is 345 g/mol. The molecule has 4 atom stereocenters. The van der Waals surface area contributed by atoms with E-state index in [4.69, 9.17) is 4.74 Å². The third-order valence-corrected chi connectivity index (χ3v) is 6.07. The van der Waals surface area contributed by atoms with Crippen LogP contribution in [-0.4, -0.2) is 17.4 Å². The van der Waals surface area contributed by atoms with E-state index in [0.717, 1.165) is 29.7 Å². The Morgan fingerprint density at radius 1 is 0.962 bits per heavy atom. The normalized spacial score (nSPS) is 29.2. The van der Waals surface area contributed by atoms with Crippen LogP contribution in [0, 0.1) is 17.8 Å². The first-order chi connectivity index (χ1) is 12.8. The van der Waals surface area contributed by atoms with Crippen molar-refractivity contribution >= 4 is 5.91 Å². The minimum Gasteiger partial charge on any atom is -0.484 e. The van der Waals surface area contributed by atoms with E-state index in [0.29, 0.717) is 30.8 Å². The third-order valence-electron chi connectivity index (χ3n) is 6.07. The lowest BCUT2D eigenvalue weighted by Gasteiger charge is -2.29. The SMILES string of the molecule is O=C([C@H]1C[C@@H]2C=C[C@H]1C2)N1Cc2ccccc2OC(c2ccccc2)C1. The van der Waals surface area contributed by atoms with Crippen molar-refractivity contribution in [2.45, 2.75) is 25.5 Å². The van der Waals surface area contributed by atoms with Gasteiger partial charge in [-0.2, -0.15) is 0 Å². The number of hydrogen-bond donors (Lipinski definition) is 0. The number of fused-ring (bicyclic) bond motifs is 3. The van der Waals surface area contributed by atoms with Crippen LogP contribution in [0.15, 0.2) is 66.7 Å². The van der Waals surface area contributed by atoms with Gasteiger partial charge in [0.25, 0.3) is 0 Å². The molecule has 0 N–H and O–H groups in total. The van der Waals surface area contributed by atoms with Gasteiger partial charge in [0.1, 0.15) is 11.9 Å². The zero-order valence-electron chi connectivity index (χ0n) is 14.8. The Morgan fingerprint density at radius 2 is 1.77 bits per heavy atom. The zero-order valence-corrected chi connectivity index (χ0v) is 14.8. The van der Waals surface area contributed by atoms with E-state index < -0.39 is 0 Å². The molecule has 1 saturated carbocycles. The first-order valence-electron chi connectivity index (χ1n) is 9.54. The molecule has 0 saturated heterocycles. The van der Waals surface area contributed by atoms with Gasteiger partial charge in [-0.15, -0.1) is 0 Å². The van der Waals surface area contributed by atoms with E-state index >= 15 is 0 Å². The molecule has 5 rings (SSSR count). The number of ether oxygens (including phenoxy) is 1. The quantitative estimate of drug-likeness (QED) is 0.757. The number of para-hydroxylation sites is 1. The Kier molecular flexibility index (Phi) is 3.81. The molecular formula is C23H23NO2. The Labute approximate surface area is 154 Å². The van der Waals surface area contributed by atoms with Crippen molar-refractivity contribution in [3.8, 4) is 5.75 Å². The molecule has 1 unspecified atom stereocenters. The molecule has 2 bridgehead atoms. The first kappa shape index (κ1) is 15.7. The van der Waals surface area contributed by atoms with Gasteiger partial charge < -0.3 is 9.64 Å². The Hall–Kier alpha value is -2.55. The maximum absolute atomic E-state index is 13.4. The Morgan fingerprint density at radius 3 is 2.54 bits per heavy atom. The Bertz CT molecular complexity index is 844. The van der Waals surface area contributed by atoms with Gasteiger partial charge in [-0.1, -0.05) is 60.7 Å². The van der Waals surface area contributed by atoms with Crippen LogP contribution < -0.4 is 4.74 Å². The average Bonchev–Trinajstić information content (AvgIpc) is 3.26. The summed E-state index contributed by atoms with van der Waals surface area (Å²) in [6.45, 7) is 1.24. The summed E-state index contributed by atoms with van der Waals surface area (Å²) >= 11 is 0. The molecule has 26 heavy (non-hydrogen) atoms. The summed E-state index contributed by atoms with van der Waals surface area (Å²) in [6, 6.07) is 18.3. The Balaban J connectivity index is 1.47. The molecule has 0 radical (unpaired) electrons. The second-order valence-electron chi connectivity index (χ2n) is 7.73. The van der Waals surface area contributed by atoms with Gasteiger partial charge >= 0.3 is 0 Å². The van der Waals surface area contributed by atoms with Crippen LogP contribution in [-0.2, 0) is 11.3 Å². The fourth-order valence-corrected chi connectivity index (χ4v) is 4.72. The second kappa shape index (κ2) is 6.31. The van der Waals surface area contributed by atoms with Gasteiger partial charge in [-0.3, -0.25) is 4.79 Å². The van der Waals surface area contributed by atoms with Gasteiger partial charge in [-0.05, 0) is 36.3 Å². The van der Waals surface area contributed by atoms with Crippen LogP contribution in [0.3, 0.4) is 0 Å². The van der Waals surface area contributed by atoms with E-state index in [-0.39, 0.29) is 12.0 Å². The molecule has 2 aromatic rings. The number of allylic oxidation sites excluding steroid dienone is 2. The predicted octanol–water partition coefficient (Wildman–Crippen LogP) is 4.36. The lowest BCUT2D eigenvalue weighted by molar-refractivity contribution is -0.137. The highest BCUT2D eigenvalue weighted by molar-refractivity contribution is 5.80. The fourth-order valence-electron chi connectivity index (χ4n) is 4.72. The summed E-state index contributed by atoms with van der Waals surface area (Å²) in [5, 5.41) is 0. The van der Waals surface area contributed by atoms with Crippen LogP contribution in [0.4, 0.5) is 0 Å². The summed E-state index contributed by atoms with van der Waals surface area (Å²) in [4.78, 5) is 15.4. The highest BCUT2D eigenvalue weighted by Gasteiger charge is 2.42. The number of hydrogen-bond acceptors (Lipinski definition) is 2.